The Labute approximate surface area is 98.3 Å². The Morgan fingerprint density at radius 2 is 2.00 bits per heavy atom. The maximum absolute atomic E-state index is 13.2. The number of ether oxygens (including phenoxy) is 2. The minimum absolute atomic E-state index is 0.0972. The molecule has 1 aromatic rings. The summed E-state index contributed by atoms with van der Waals surface area (Å²) in [7, 11) is 1.26. The molecule has 1 rings (SSSR count). The lowest BCUT2D eigenvalue weighted by molar-refractivity contribution is -0.152. The Bertz CT molecular complexity index is 416. The van der Waals surface area contributed by atoms with Crippen molar-refractivity contribution in [1.29, 1.82) is 0 Å². The first kappa shape index (κ1) is 13.4. The van der Waals surface area contributed by atoms with Crippen LogP contribution in [-0.4, -0.2) is 19.7 Å². The number of methoxy groups -OCH3 is 1. The molecule has 0 spiro atoms. The fourth-order valence-electron chi connectivity index (χ4n) is 1.18. The van der Waals surface area contributed by atoms with E-state index in [2.05, 4.69) is 4.74 Å². The van der Waals surface area contributed by atoms with Gasteiger partial charge in [0.15, 0.2) is 11.6 Å². The van der Waals surface area contributed by atoms with Gasteiger partial charge >= 0.3 is 5.97 Å². The Balaban J connectivity index is 2.73. The van der Waals surface area contributed by atoms with Gasteiger partial charge < -0.3 is 9.47 Å². The highest BCUT2D eigenvalue weighted by molar-refractivity contribution is 5.75. The Hall–Kier alpha value is -1.65. The van der Waals surface area contributed by atoms with E-state index in [1.165, 1.54) is 7.11 Å². The maximum Gasteiger partial charge on any atom is 0.314 e. The van der Waals surface area contributed by atoms with E-state index in [9.17, 15) is 13.6 Å². The third-order valence-electron chi connectivity index (χ3n) is 2.22. The molecular weight excluding hydrogens is 230 g/mol. The van der Waals surface area contributed by atoms with Crippen molar-refractivity contribution in [2.45, 2.75) is 13.8 Å². The van der Waals surface area contributed by atoms with Crippen molar-refractivity contribution in [3.05, 3.63) is 29.8 Å². The summed E-state index contributed by atoms with van der Waals surface area (Å²) in [4.78, 5) is 11.3. The summed E-state index contributed by atoms with van der Waals surface area (Å²) in [5, 5.41) is 0. The molecule has 0 bridgehead atoms. The predicted molar refractivity (Wildman–Crippen MR) is 57.7 cm³/mol. The molecule has 0 aliphatic rings. The standard InChI is InChI=1S/C12H14F2O3/c1-12(2,11(15)16-3)7-17-10-6-8(13)4-5-9(10)14/h4-6H,7H2,1-3H3. The maximum atomic E-state index is 13.2. The quantitative estimate of drug-likeness (QED) is 0.763. The van der Waals surface area contributed by atoms with Gasteiger partial charge in [-0.3, -0.25) is 4.79 Å². The molecule has 94 valence electrons. The van der Waals surface area contributed by atoms with Gasteiger partial charge in [0.1, 0.15) is 12.4 Å². The van der Waals surface area contributed by atoms with E-state index in [1.807, 2.05) is 0 Å². The van der Waals surface area contributed by atoms with Crippen LogP contribution >= 0.6 is 0 Å². The van der Waals surface area contributed by atoms with Crippen LogP contribution in [0.25, 0.3) is 0 Å². The molecule has 0 amide bonds. The van der Waals surface area contributed by atoms with Crippen LogP contribution in [0.3, 0.4) is 0 Å². The Morgan fingerprint density at radius 3 is 2.59 bits per heavy atom. The number of rotatable bonds is 4. The zero-order chi connectivity index (χ0) is 13.1. The van der Waals surface area contributed by atoms with Gasteiger partial charge in [-0.2, -0.15) is 0 Å². The number of hydrogen-bond acceptors (Lipinski definition) is 3. The molecule has 0 aliphatic carbocycles. The van der Waals surface area contributed by atoms with Crippen LogP contribution in [0.1, 0.15) is 13.8 Å². The first-order valence-electron chi connectivity index (χ1n) is 5.03. The SMILES string of the molecule is COC(=O)C(C)(C)COc1cc(F)ccc1F. The average Bonchev–Trinajstić information content (AvgIpc) is 2.29. The zero-order valence-electron chi connectivity index (χ0n) is 9.92. The van der Waals surface area contributed by atoms with Crippen molar-refractivity contribution in [3.8, 4) is 5.75 Å². The lowest BCUT2D eigenvalue weighted by Gasteiger charge is -2.21. The van der Waals surface area contributed by atoms with Gasteiger partial charge in [0, 0.05) is 6.07 Å². The van der Waals surface area contributed by atoms with Crippen LogP contribution in [0.2, 0.25) is 0 Å². The topological polar surface area (TPSA) is 35.5 Å². The molecule has 1 aromatic carbocycles. The molecule has 17 heavy (non-hydrogen) atoms. The second-order valence-electron chi connectivity index (χ2n) is 4.24. The van der Waals surface area contributed by atoms with Crippen molar-refractivity contribution in [2.75, 3.05) is 13.7 Å². The van der Waals surface area contributed by atoms with Gasteiger partial charge in [0.25, 0.3) is 0 Å². The van der Waals surface area contributed by atoms with Crippen molar-refractivity contribution < 1.29 is 23.0 Å². The molecule has 0 fully saturated rings. The molecule has 0 aromatic heterocycles. The summed E-state index contributed by atoms with van der Waals surface area (Å²) in [5.74, 6) is -1.97. The van der Waals surface area contributed by atoms with Gasteiger partial charge in [0.05, 0.1) is 12.5 Å². The zero-order valence-corrected chi connectivity index (χ0v) is 9.92. The van der Waals surface area contributed by atoms with E-state index < -0.39 is 23.0 Å². The van der Waals surface area contributed by atoms with Gasteiger partial charge in [-0.15, -0.1) is 0 Å². The largest absolute Gasteiger partial charge is 0.489 e. The number of halogens is 2. The van der Waals surface area contributed by atoms with Crippen molar-refractivity contribution in [2.24, 2.45) is 5.41 Å². The second-order valence-corrected chi connectivity index (χ2v) is 4.24. The van der Waals surface area contributed by atoms with Crippen molar-refractivity contribution in [3.63, 3.8) is 0 Å². The summed E-state index contributed by atoms with van der Waals surface area (Å²) in [5.41, 5.74) is -0.923. The van der Waals surface area contributed by atoms with Crippen molar-refractivity contribution in [1.82, 2.24) is 0 Å². The molecule has 3 nitrogen and oxygen atoms in total. The molecule has 0 N–H and O–H groups in total. The van der Waals surface area contributed by atoms with Gasteiger partial charge in [0.2, 0.25) is 0 Å². The first-order valence-corrected chi connectivity index (χ1v) is 5.03. The van der Waals surface area contributed by atoms with Crippen LogP contribution in [0.4, 0.5) is 8.78 Å². The Kier molecular flexibility index (Phi) is 4.04. The number of benzene rings is 1. The fourth-order valence-corrected chi connectivity index (χ4v) is 1.18. The highest BCUT2D eigenvalue weighted by Crippen LogP contribution is 2.23. The lowest BCUT2D eigenvalue weighted by Crippen LogP contribution is -2.32. The summed E-state index contributed by atoms with van der Waals surface area (Å²) in [6.07, 6.45) is 0. The molecule has 0 unspecified atom stereocenters. The molecule has 0 aliphatic heterocycles. The number of carbonyl (C=O) groups excluding carboxylic acids is 1. The third-order valence-corrected chi connectivity index (χ3v) is 2.22. The van der Waals surface area contributed by atoms with E-state index in [0.29, 0.717) is 0 Å². The average molecular weight is 244 g/mol. The van der Waals surface area contributed by atoms with Gasteiger partial charge in [-0.1, -0.05) is 0 Å². The number of esters is 1. The molecule has 0 saturated carbocycles. The smallest absolute Gasteiger partial charge is 0.314 e. The summed E-state index contributed by atoms with van der Waals surface area (Å²) in [6, 6.07) is 2.89. The second kappa shape index (κ2) is 5.12. The van der Waals surface area contributed by atoms with E-state index in [0.717, 1.165) is 18.2 Å². The summed E-state index contributed by atoms with van der Waals surface area (Å²) < 4.78 is 35.7. The van der Waals surface area contributed by atoms with Gasteiger partial charge in [-0.25, -0.2) is 8.78 Å². The minimum atomic E-state index is -0.923. The lowest BCUT2D eigenvalue weighted by atomic mass is 9.95. The van der Waals surface area contributed by atoms with Crippen LogP contribution in [0, 0.1) is 17.0 Å². The highest BCUT2D eigenvalue weighted by Gasteiger charge is 2.30. The molecular formula is C12H14F2O3. The highest BCUT2D eigenvalue weighted by atomic mass is 19.1. The van der Waals surface area contributed by atoms with Crippen LogP contribution in [-0.2, 0) is 9.53 Å². The van der Waals surface area contributed by atoms with E-state index in [-0.39, 0.29) is 12.4 Å². The van der Waals surface area contributed by atoms with Crippen LogP contribution < -0.4 is 4.74 Å². The van der Waals surface area contributed by atoms with Crippen LogP contribution in [0.5, 0.6) is 5.75 Å². The van der Waals surface area contributed by atoms with Crippen LogP contribution in [0.15, 0.2) is 18.2 Å². The van der Waals surface area contributed by atoms with E-state index >= 15 is 0 Å². The Morgan fingerprint density at radius 1 is 1.35 bits per heavy atom. The summed E-state index contributed by atoms with van der Waals surface area (Å²) >= 11 is 0. The monoisotopic (exact) mass is 244 g/mol. The molecule has 5 heteroatoms. The van der Waals surface area contributed by atoms with E-state index in [1.54, 1.807) is 13.8 Å². The third kappa shape index (κ3) is 3.41. The summed E-state index contributed by atoms with van der Waals surface area (Å²) in [6.45, 7) is 3.09. The number of hydrogen-bond donors (Lipinski definition) is 0. The minimum Gasteiger partial charge on any atom is -0.489 e. The van der Waals surface area contributed by atoms with Gasteiger partial charge in [-0.05, 0) is 26.0 Å². The number of carbonyl (C=O) groups is 1. The van der Waals surface area contributed by atoms with Crippen molar-refractivity contribution >= 4 is 5.97 Å². The fraction of sp³-hybridized carbons (Fsp3) is 0.417. The molecule has 0 atom stereocenters. The normalized spacial score (nSPS) is 11.1. The molecule has 0 saturated heterocycles. The predicted octanol–water partition coefficient (Wildman–Crippen LogP) is 2.54. The van der Waals surface area contributed by atoms with E-state index in [4.69, 9.17) is 4.74 Å². The first-order chi connectivity index (χ1) is 7.86. The molecule has 0 radical (unpaired) electrons. The molecule has 0 heterocycles.